The van der Waals surface area contributed by atoms with Crippen molar-refractivity contribution in [1.82, 2.24) is 0 Å². The Morgan fingerprint density at radius 2 is 1.94 bits per heavy atom. The Labute approximate surface area is 102 Å². The van der Waals surface area contributed by atoms with E-state index in [2.05, 4.69) is 13.8 Å². The lowest BCUT2D eigenvalue weighted by atomic mass is 9.94. The highest BCUT2D eigenvalue weighted by Gasteiger charge is 2.24. The van der Waals surface area contributed by atoms with Gasteiger partial charge in [-0.25, -0.2) is 0 Å². The number of hydrogen-bond acceptors (Lipinski definition) is 4. The summed E-state index contributed by atoms with van der Waals surface area (Å²) in [6.07, 6.45) is 2.62. The van der Waals surface area contributed by atoms with E-state index < -0.39 is 16.7 Å². The molecular weight excluding hydrogens is 222 g/mol. The maximum atomic E-state index is 10.5. The molecular formula is C12H23NO4. The third-order valence-corrected chi connectivity index (χ3v) is 2.79. The molecule has 0 aromatic heterocycles. The minimum absolute atomic E-state index is 0.207. The van der Waals surface area contributed by atoms with Gasteiger partial charge in [-0.3, -0.25) is 10.1 Å². The maximum absolute atomic E-state index is 10.5. The fourth-order valence-electron chi connectivity index (χ4n) is 1.75. The highest BCUT2D eigenvalue weighted by molar-refractivity contribution is 4.93. The molecule has 2 N–H and O–H groups in total. The number of rotatable bonds is 8. The van der Waals surface area contributed by atoms with Gasteiger partial charge < -0.3 is 10.2 Å². The van der Waals surface area contributed by atoms with Crippen LogP contribution in [0, 0.1) is 22.0 Å². The zero-order valence-corrected chi connectivity index (χ0v) is 10.8. The zero-order chi connectivity index (χ0) is 13.4. The van der Waals surface area contributed by atoms with E-state index in [0.717, 1.165) is 19.3 Å². The Morgan fingerprint density at radius 3 is 2.35 bits per heavy atom. The second kappa shape index (κ2) is 8.06. The quantitative estimate of drug-likeness (QED) is 0.391. The van der Waals surface area contributed by atoms with Crippen molar-refractivity contribution >= 4 is 0 Å². The fourth-order valence-corrected chi connectivity index (χ4v) is 1.75. The zero-order valence-electron chi connectivity index (χ0n) is 10.8. The summed E-state index contributed by atoms with van der Waals surface area (Å²) in [5.41, 5.74) is -0.527. The van der Waals surface area contributed by atoms with Gasteiger partial charge >= 0.3 is 5.70 Å². The van der Waals surface area contributed by atoms with Gasteiger partial charge in [0.1, 0.15) is 6.10 Å². The predicted octanol–water partition coefficient (Wildman–Crippen LogP) is 2.88. The third kappa shape index (κ3) is 6.94. The highest BCUT2D eigenvalue weighted by Crippen LogP contribution is 2.19. The number of aliphatic hydroxyl groups excluding tert-OH is 2. The molecule has 0 saturated carbocycles. The van der Waals surface area contributed by atoms with Gasteiger partial charge in [-0.05, 0) is 18.3 Å². The van der Waals surface area contributed by atoms with Crippen LogP contribution in [0.1, 0.15) is 46.5 Å². The predicted molar refractivity (Wildman–Crippen MR) is 66.2 cm³/mol. The molecule has 17 heavy (non-hydrogen) atoms. The summed E-state index contributed by atoms with van der Waals surface area (Å²) in [4.78, 5) is 9.73. The molecule has 0 aromatic carbocycles. The number of aliphatic hydroxyl groups is 2. The average Bonchev–Trinajstić information content (AvgIpc) is 2.16. The van der Waals surface area contributed by atoms with Crippen molar-refractivity contribution in [2.75, 3.05) is 0 Å². The first kappa shape index (κ1) is 15.9. The van der Waals surface area contributed by atoms with Crippen molar-refractivity contribution in [3.05, 3.63) is 22.1 Å². The van der Waals surface area contributed by atoms with Crippen molar-refractivity contribution in [3.63, 3.8) is 0 Å². The number of nitrogens with zero attached hydrogens (tertiary/aromatic N) is 1. The van der Waals surface area contributed by atoms with Crippen LogP contribution in [0.3, 0.4) is 0 Å². The van der Waals surface area contributed by atoms with Crippen molar-refractivity contribution in [2.24, 2.45) is 11.8 Å². The van der Waals surface area contributed by atoms with Gasteiger partial charge in [0.15, 0.2) is 6.26 Å². The minimum atomic E-state index is -1.19. The summed E-state index contributed by atoms with van der Waals surface area (Å²) < 4.78 is 0. The minimum Gasteiger partial charge on any atom is -0.509 e. The summed E-state index contributed by atoms with van der Waals surface area (Å²) in [5.74, 6) is 0.859. The number of nitro groups is 1. The molecule has 0 saturated heterocycles. The molecule has 0 fully saturated rings. The summed E-state index contributed by atoms with van der Waals surface area (Å²) >= 11 is 0. The first-order valence-corrected chi connectivity index (χ1v) is 6.05. The SMILES string of the molecule is CC(C)CCCC(C)CC(O)C(=CO)[N+](=O)[O-]. The lowest BCUT2D eigenvalue weighted by molar-refractivity contribution is -0.438. The third-order valence-electron chi connectivity index (χ3n) is 2.79. The molecule has 100 valence electrons. The molecule has 5 heteroatoms. The van der Waals surface area contributed by atoms with Crippen LogP contribution < -0.4 is 0 Å². The average molecular weight is 245 g/mol. The fraction of sp³-hybridized carbons (Fsp3) is 0.833. The van der Waals surface area contributed by atoms with Crippen LogP contribution in [-0.2, 0) is 0 Å². The summed E-state index contributed by atoms with van der Waals surface area (Å²) in [6, 6.07) is 0. The topological polar surface area (TPSA) is 83.6 Å². The van der Waals surface area contributed by atoms with Gasteiger partial charge in [-0.2, -0.15) is 0 Å². The van der Waals surface area contributed by atoms with E-state index in [9.17, 15) is 15.2 Å². The molecule has 0 aromatic rings. The van der Waals surface area contributed by atoms with Crippen LogP contribution in [-0.4, -0.2) is 21.2 Å². The standard InChI is InChI=1S/C12H23NO4/c1-9(2)5-4-6-10(3)7-12(15)11(8-14)13(16)17/h8-10,12,14-15H,4-7H2,1-3H3. The normalized spacial score (nSPS) is 15.9. The van der Waals surface area contributed by atoms with E-state index in [0.29, 0.717) is 18.6 Å². The molecule has 0 bridgehead atoms. The van der Waals surface area contributed by atoms with Crippen LogP contribution in [0.25, 0.3) is 0 Å². The van der Waals surface area contributed by atoms with Crippen LogP contribution in [0.5, 0.6) is 0 Å². The maximum Gasteiger partial charge on any atom is 0.308 e. The molecule has 0 spiro atoms. The largest absolute Gasteiger partial charge is 0.509 e. The van der Waals surface area contributed by atoms with Crippen LogP contribution in [0.15, 0.2) is 12.0 Å². The Morgan fingerprint density at radius 1 is 1.35 bits per heavy atom. The Bertz CT molecular complexity index is 263. The summed E-state index contributed by atoms with van der Waals surface area (Å²) in [6.45, 7) is 6.26. The van der Waals surface area contributed by atoms with Crippen molar-refractivity contribution < 1.29 is 15.1 Å². The van der Waals surface area contributed by atoms with Gasteiger partial charge in [0.05, 0.1) is 4.92 Å². The first-order valence-electron chi connectivity index (χ1n) is 6.05. The lowest BCUT2D eigenvalue weighted by Crippen LogP contribution is -2.20. The first-order chi connectivity index (χ1) is 7.88. The molecule has 2 unspecified atom stereocenters. The van der Waals surface area contributed by atoms with Gasteiger partial charge in [0.25, 0.3) is 0 Å². The molecule has 2 atom stereocenters. The molecule has 0 aliphatic carbocycles. The van der Waals surface area contributed by atoms with Crippen LogP contribution in [0.4, 0.5) is 0 Å². The number of hydrogen-bond donors (Lipinski definition) is 2. The van der Waals surface area contributed by atoms with E-state index >= 15 is 0 Å². The van der Waals surface area contributed by atoms with Gasteiger partial charge in [0, 0.05) is 0 Å². The Kier molecular flexibility index (Phi) is 7.54. The van der Waals surface area contributed by atoms with Crippen LogP contribution >= 0.6 is 0 Å². The van der Waals surface area contributed by atoms with E-state index in [-0.39, 0.29) is 5.92 Å². The monoisotopic (exact) mass is 245 g/mol. The van der Waals surface area contributed by atoms with E-state index in [1.165, 1.54) is 0 Å². The molecule has 0 heterocycles. The van der Waals surface area contributed by atoms with Gasteiger partial charge in [-0.15, -0.1) is 0 Å². The van der Waals surface area contributed by atoms with E-state index in [1.54, 1.807) is 0 Å². The second-order valence-corrected chi connectivity index (χ2v) is 4.99. The van der Waals surface area contributed by atoms with E-state index in [1.807, 2.05) is 6.92 Å². The van der Waals surface area contributed by atoms with Crippen LogP contribution in [0.2, 0.25) is 0 Å². The molecule has 0 rings (SSSR count). The van der Waals surface area contributed by atoms with Crippen molar-refractivity contribution in [1.29, 1.82) is 0 Å². The van der Waals surface area contributed by atoms with Crippen molar-refractivity contribution in [3.8, 4) is 0 Å². The Balaban J connectivity index is 4.02. The molecule has 5 nitrogen and oxygen atoms in total. The molecule has 0 aliphatic rings. The molecule has 0 amide bonds. The summed E-state index contributed by atoms with van der Waals surface area (Å²) in [7, 11) is 0. The molecule has 0 radical (unpaired) electrons. The smallest absolute Gasteiger partial charge is 0.308 e. The van der Waals surface area contributed by atoms with Gasteiger partial charge in [0.2, 0.25) is 0 Å². The van der Waals surface area contributed by atoms with Crippen molar-refractivity contribution in [2.45, 2.75) is 52.6 Å². The highest BCUT2D eigenvalue weighted by atomic mass is 16.6. The lowest BCUT2D eigenvalue weighted by Gasteiger charge is -2.14. The summed E-state index contributed by atoms with van der Waals surface area (Å²) in [5, 5.41) is 28.7. The van der Waals surface area contributed by atoms with E-state index in [4.69, 9.17) is 5.11 Å². The van der Waals surface area contributed by atoms with Gasteiger partial charge in [-0.1, -0.05) is 40.0 Å². The molecule has 0 aliphatic heterocycles. The second-order valence-electron chi connectivity index (χ2n) is 4.99. The Hall–Kier alpha value is -1.10.